The lowest BCUT2D eigenvalue weighted by molar-refractivity contribution is 0.848. The molecule has 7 aromatic carbocycles. The van der Waals surface area contributed by atoms with Crippen LogP contribution in [0, 0.1) is 6.92 Å². The predicted molar refractivity (Wildman–Crippen MR) is 265 cm³/mol. The molecule has 2 heteroatoms. The highest BCUT2D eigenvalue weighted by molar-refractivity contribution is 5.89. The van der Waals surface area contributed by atoms with Crippen molar-refractivity contribution in [3.8, 4) is 50.2 Å². The maximum absolute atomic E-state index is 4.15. The van der Waals surface area contributed by atoms with Gasteiger partial charge in [0.05, 0.1) is 5.52 Å². The van der Waals surface area contributed by atoms with E-state index in [4.69, 9.17) is 0 Å². The molecule has 2 nitrogen and oxygen atoms in total. The molecule has 0 amide bonds. The Morgan fingerprint density at radius 3 is 1.39 bits per heavy atom. The highest BCUT2D eigenvalue weighted by Gasteiger charge is 2.21. The van der Waals surface area contributed by atoms with Crippen molar-refractivity contribution in [1.29, 1.82) is 0 Å². The number of para-hydroxylation sites is 2. The maximum Gasteiger partial charge on any atom is 0.0528 e. The monoisotopic (exact) mass is 796 g/mol. The van der Waals surface area contributed by atoms with Crippen LogP contribution in [0.15, 0.2) is 171 Å². The second-order valence-corrected chi connectivity index (χ2v) is 17.9. The molecule has 0 aliphatic carbocycles. The standard InChI is InChI=1S/C59H60N2/c1-11-60(48-21-14-12-15-22-48)58-27-25-45(31-42(58)10)56-36-50(38(2)3)54(34-52(56)40(6)7)43-19-18-20-44(32-43)55-35-53(41(8)9)57(37-51(55)39(4)5)46-26-28-59-47(33-46)29-30-61(59)49-23-16-13-17-24-49/h11-41H,1H2,2-10H3. The molecule has 0 N–H and O–H groups in total. The summed E-state index contributed by atoms with van der Waals surface area (Å²) in [6.07, 6.45) is 4.09. The Hall–Kier alpha value is -6.38. The van der Waals surface area contributed by atoms with Crippen molar-refractivity contribution in [1.82, 2.24) is 4.57 Å². The minimum atomic E-state index is 0.341. The predicted octanol–water partition coefficient (Wildman–Crippen LogP) is 17.4. The Labute approximate surface area is 364 Å². The largest absolute Gasteiger partial charge is 0.318 e. The normalized spacial score (nSPS) is 11.7. The molecule has 0 atom stereocenters. The van der Waals surface area contributed by atoms with Crippen molar-refractivity contribution in [3.63, 3.8) is 0 Å². The third-order valence-corrected chi connectivity index (χ3v) is 12.4. The minimum absolute atomic E-state index is 0.341. The Morgan fingerprint density at radius 2 is 0.918 bits per heavy atom. The first-order chi connectivity index (χ1) is 29.4. The lowest BCUT2D eigenvalue weighted by Gasteiger charge is -2.25. The van der Waals surface area contributed by atoms with Gasteiger partial charge in [0.15, 0.2) is 0 Å². The molecular weight excluding hydrogens is 737 g/mol. The van der Waals surface area contributed by atoms with Crippen molar-refractivity contribution in [3.05, 3.63) is 198 Å². The van der Waals surface area contributed by atoms with E-state index in [-0.39, 0.29) is 0 Å². The van der Waals surface area contributed by atoms with Gasteiger partial charge in [-0.25, -0.2) is 0 Å². The molecule has 1 aromatic heterocycles. The summed E-state index contributed by atoms with van der Waals surface area (Å²) in [7, 11) is 0. The van der Waals surface area contributed by atoms with Gasteiger partial charge in [-0.2, -0.15) is 0 Å². The van der Waals surface area contributed by atoms with Crippen molar-refractivity contribution in [2.75, 3.05) is 4.90 Å². The summed E-state index contributed by atoms with van der Waals surface area (Å²) in [5.74, 6) is 1.39. The zero-order valence-corrected chi connectivity index (χ0v) is 37.5. The van der Waals surface area contributed by atoms with E-state index in [1.807, 2.05) is 6.20 Å². The van der Waals surface area contributed by atoms with Crippen LogP contribution in [0.5, 0.6) is 0 Å². The zero-order valence-electron chi connectivity index (χ0n) is 37.5. The van der Waals surface area contributed by atoms with E-state index >= 15 is 0 Å². The Morgan fingerprint density at radius 1 is 0.459 bits per heavy atom. The van der Waals surface area contributed by atoms with Crippen LogP contribution in [0.4, 0.5) is 11.4 Å². The van der Waals surface area contributed by atoms with E-state index in [1.54, 1.807) is 0 Å². The number of aromatic nitrogens is 1. The molecule has 8 rings (SSSR count). The second kappa shape index (κ2) is 17.3. The summed E-state index contributed by atoms with van der Waals surface area (Å²) >= 11 is 0. The first-order valence-electron chi connectivity index (χ1n) is 22.1. The number of nitrogens with zero attached hydrogens (tertiary/aromatic N) is 2. The number of fused-ring (bicyclic) bond motifs is 1. The molecule has 0 aliphatic rings. The lowest BCUT2D eigenvalue weighted by atomic mass is 9.81. The highest BCUT2D eigenvalue weighted by Crippen LogP contribution is 2.44. The van der Waals surface area contributed by atoms with Crippen LogP contribution >= 0.6 is 0 Å². The SMILES string of the molecule is C=CN(c1ccccc1)c1ccc(-c2cc(C(C)C)c(-c3cccc(-c4cc(C(C)C)c(-c5ccc6c(ccn6-c6ccccc6)c5)cc4C(C)C)c3)cc2C(C)C)cc1C. The van der Waals surface area contributed by atoms with E-state index in [0.29, 0.717) is 23.7 Å². The lowest BCUT2D eigenvalue weighted by Crippen LogP contribution is -2.09. The number of hydrogen-bond donors (Lipinski definition) is 0. The summed E-state index contributed by atoms with van der Waals surface area (Å²) in [6, 6.07) is 56.5. The molecule has 0 saturated heterocycles. The molecule has 61 heavy (non-hydrogen) atoms. The van der Waals surface area contributed by atoms with Gasteiger partial charge in [-0.3, -0.25) is 0 Å². The molecule has 0 unspecified atom stereocenters. The quantitative estimate of drug-likeness (QED) is 0.120. The van der Waals surface area contributed by atoms with Gasteiger partial charge >= 0.3 is 0 Å². The van der Waals surface area contributed by atoms with Gasteiger partial charge in [0.1, 0.15) is 0 Å². The smallest absolute Gasteiger partial charge is 0.0528 e. The molecule has 0 radical (unpaired) electrons. The van der Waals surface area contributed by atoms with Crippen LogP contribution in [0.2, 0.25) is 0 Å². The van der Waals surface area contributed by atoms with Crippen LogP contribution in [0.25, 0.3) is 61.1 Å². The van der Waals surface area contributed by atoms with Crippen molar-refractivity contribution < 1.29 is 0 Å². The molecule has 0 saturated carbocycles. The maximum atomic E-state index is 4.15. The molecule has 306 valence electrons. The molecule has 0 fully saturated rings. The van der Waals surface area contributed by atoms with Crippen LogP contribution < -0.4 is 4.90 Å². The summed E-state index contributed by atoms with van der Waals surface area (Å²) in [6.45, 7) is 25.0. The van der Waals surface area contributed by atoms with Gasteiger partial charge in [0.25, 0.3) is 0 Å². The molecule has 8 aromatic rings. The van der Waals surface area contributed by atoms with Gasteiger partial charge in [-0.1, -0.05) is 129 Å². The van der Waals surface area contributed by atoms with Gasteiger partial charge < -0.3 is 9.47 Å². The van der Waals surface area contributed by atoms with E-state index in [9.17, 15) is 0 Å². The van der Waals surface area contributed by atoms with E-state index < -0.39 is 0 Å². The van der Waals surface area contributed by atoms with E-state index in [2.05, 4.69) is 236 Å². The second-order valence-electron chi connectivity index (χ2n) is 17.9. The first-order valence-corrected chi connectivity index (χ1v) is 22.1. The zero-order chi connectivity index (χ0) is 42.9. The fraction of sp³-hybridized carbons (Fsp3) is 0.220. The van der Waals surface area contributed by atoms with Crippen LogP contribution in [0.3, 0.4) is 0 Å². The van der Waals surface area contributed by atoms with E-state index in [1.165, 1.54) is 88.9 Å². The van der Waals surface area contributed by atoms with Crippen molar-refractivity contribution >= 4 is 22.3 Å². The fourth-order valence-electron chi connectivity index (χ4n) is 9.18. The third kappa shape index (κ3) is 8.12. The average molecular weight is 797 g/mol. The van der Waals surface area contributed by atoms with Gasteiger partial charge in [0, 0.05) is 34.8 Å². The van der Waals surface area contributed by atoms with Crippen molar-refractivity contribution in [2.45, 2.75) is 86.0 Å². The summed E-state index contributed by atoms with van der Waals surface area (Å²) in [4.78, 5) is 2.17. The Kier molecular flexibility index (Phi) is 11.7. The number of rotatable bonds is 12. The first kappa shape index (κ1) is 41.4. The summed E-state index contributed by atoms with van der Waals surface area (Å²) < 4.78 is 2.28. The summed E-state index contributed by atoms with van der Waals surface area (Å²) in [5.41, 5.74) is 21.7. The number of benzene rings is 7. The molecule has 0 bridgehead atoms. The fourth-order valence-corrected chi connectivity index (χ4v) is 9.18. The van der Waals surface area contributed by atoms with Crippen LogP contribution in [-0.2, 0) is 0 Å². The number of anilines is 2. The number of aryl methyl sites for hydroxylation is 1. The van der Waals surface area contributed by atoms with Gasteiger partial charge in [-0.15, -0.1) is 0 Å². The van der Waals surface area contributed by atoms with Crippen LogP contribution in [-0.4, -0.2) is 4.57 Å². The molecule has 0 aliphatic heterocycles. The average Bonchev–Trinajstić information content (AvgIpc) is 3.70. The van der Waals surface area contributed by atoms with Gasteiger partial charge in [-0.05, 0) is 188 Å². The van der Waals surface area contributed by atoms with E-state index in [0.717, 1.165) is 11.4 Å². The van der Waals surface area contributed by atoms with Crippen molar-refractivity contribution in [2.24, 2.45) is 0 Å². The third-order valence-electron chi connectivity index (χ3n) is 12.4. The minimum Gasteiger partial charge on any atom is -0.318 e. The number of hydrogen-bond acceptors (Lipinski definition) is 1. The van der Waals surface area contributed by atoms with Gasteiger partial charge in [0.2, 0.25) is 0 Å². The Bertz CT molecular complexity index is 2830. The summed E-state index contributed by atoms with van der Waals surface area (Å²) in [5, 5.41) is 1.25. The molecular formula is C59H60N2. The molecule has 1 heterocycles. The highest BCUT2D eigenvalue weighted by atomic mass is 15.1. The topological polar surface area (TPSA) is 8.17 Å². The van der Waals surface area contributed by atoms with Crippen LogP contribution in [0.1, 0.15) is 107 Å². The Balaban J connectivity index is 1.20. The molecule has 0 spiro atoms.